The average Bonchev–Trinajstić information content (AvgIpc) is 3.32. The van der Waals surface area contributed by atoms with Gasteiger partial charge in [-0.3, -0.25) is 4.79 Å². The minimum Gasteiger partial charge on any atom is -0.482 e. The Morgan fingerprint density at radius 2 is 1.91 bits per heavy atom. The molecule has 0 aliphatic heterocycles. The summed E-state index contributed by atoms with van der Waals surface area (Å²) in [5.74, 6) is -0.388. The first kappa shape index (κ1) is 17.3. The highest BCUT2D eigenvalue weighted by Gasteiger charge is 2.51. The molecule has 6 heteroatoms. The maximum Gasteiger partial charge on any atom is 0.341 e. The van der Waals surface area contributed by atoms with E-state index in [-0.39, 0.29) is 17.9 Å². The largest absolute Gasteiger partial charge is 0.482 e. The highest BCUT2D eigenvalue weighted by molar-refractivity contribution is 5.85. The lowest BCUT2D eigenvalue weighted by molar-refractivity contribution is -0.139. The summed E-state index contributed by atoms with van der Waals surface area (Å²) in [6, 6.07) is 7.10. The van der Waals surface area contributed by atoms with Crippen molar-refractivity contribution >= 4 is 11.9 Å². The van der Waals surface area contributed by atoms with Gasteiger partial charge in [0.25, 0.3) is 0 Å². The summed E-state index contributed by atoms with van der Waals surface area (Å²) in [6.07, 6.45) is 1.77. The molecule has 0 bridgehead atoms. The molecule has 0 saturated heterocycles. The monoisotopic (exact) mass is 321 g/mol. The number of carbonyl (C=O) groups is 2. The third-order valence-corrected chi connectivity index (χ3v) is 3.94. The molecule has 0 unspecified atom stereocenters. The Morgan fingerprint density at radius 3 is 2.43 bits per heavy atom. The van der Waals surface area contributed by atoms with Crippen molar-refractivity contribution < 1.29 is 24.2 Å². The van der Waals surface area contributed by atoms with Gasteiger partial charge >= 0.3 is 5.97 Å². The Kier molecular flexibility index (Phi) is 5.60. The minimum atomic E-state index is -1.01. The van der Waals surface area contributed by atoms with Gasteiger partial charge in [0.2, 0.25) is 5.91 Å². The smallest absolute Gasteiger partial charge is 0.341 e. The molecule has 126 valence electrons. The third kappa shape index (κ3) is 4.69. The van der Waals surface area contributed by atoms with Gasteiger partial charge in [-0.15, -0.1) is 0 Å². The first-order valence-corrected chi connectivity index (χ1v) is 7.74. The van der Waals surface area contributed by atoms with Gasteiger partial charge in [-0.05, 0) is 37.5 Å². The number of nitrogens with zero attached hydrogens (tertiary/aromatic N) is 1. The van der Waals surface area contributed by atoms with Crippen LogP contribution in [0.5, 0.6) is 5.75 Å². The van der Waals surface area contributed by atoms with E-state index in [1.807, 2.05) is 19.1 Å². The standard InChI is InChI=1S/C17H23NO5/c1-3-22-12-17(8-9-17)16(21)18(2)10-13-4-6-14(7-5-13)23-11-15(19)20/h4-7H,3,8-12H2,1-2H3,(H,19,20). The number of carboxylic acids is 1. The number of amides is 1. The van der Waals surface area contributed by atoms with Crippen molar-refractivity contribution in [2.45, 2.75) is 26.3 Å². The lowest BCUT2D eigenvalue weighted by Crippen LogP contribution is -2.36. The molecule has 23 heavy (non-hydrogen) atoms. The fraction of sp³-hybridized carbons (Fsp3) is 0.529. The number of benzene rings is 1. The number of ether oxygens (including phenoxy) is 2. The molecule has 2 rings (SSSR count). The van der Waals surface area contributed by atoms with Crippen molar-refractivity contribution in [1.29, 1.82) is 0 Å². The van der Waals surface area contributed by atoms with Crippen molar-refractivity contribution in [3.05, 3.63) is 29.8 Å². The molecule has 0 atom stereocenters. The number of carboxylic acid groups (broad SMARTS) is 1. The van der Waals surface area contributed by atoms with Crippen LogP contribution in [0.3, 0.4) is 0 Å². The van der Waals surface area contributed by atoms with Crippen LogP contribution in [0.2, 0.25) is 0 Å². The van der Waals surface area contributed by atoms with Gasteiger partial charge < -0.3 is 19.5 Å². The minimum absolute atomic E-state index is 0.122. The number of carbonyl (C=O) groups excluding carboxylic acids is 1. The van der Waals surface area contributed by atoms with Crippen LogP contribution in [0.25, 0.3) is 0 Å². The van der Waals surface area contributed by atoms with Gasteiger partial charge in [0, 0.05) is 20.2 Å². The van der Waals surface area contributed by atoms with Gasteiger partial charge in [0.05, 0.1) is 12.0 Å². The summed E-state index contributed by atoms with van der Waals surface area (Å²) in [7, 11) is 1.79. The number of rotatable bonds is 9. The molecule has 1 N–H and O–H groups in total. The van der Waals surface area contributed by atoms with Crippen LogP contribution < -0.4 is 4.74 Å². The molecule has 0 spiro atoms. The second-order valence-electron chi connectivity index (χ2n) is 5.91. The molecule has 0 heterocycles. The number of aliphatic carboxylic acids is 1. The quantitative estimate of drug-likeness (QED) is 0.752. The Morgan fingerprint density at radius 1 is 1.26 bits per heavy atom. The van der Waals surface area contributed by atoms with Crippen LogP contribution >= 0.6 is 0 Å². The predicted octanol–water partition coefficient (Wildman–Crippen LogP) is 1.93. The topological polar surface area (TPSA) is 76.1 Å². The second-order valence-corrected chi connectivity index (χ2v) is 5.91. The van der Waals surface area contributed by atoms with E-state index in [0.717, 1.165) is 18.4 Å². The fourth-order valence-corrected chi connectivity index (χ4v) is 2.45. The first-order valence-electron chi connectivity index (χ1n) is 7.74. The van der Waals surface area contributed by atoms with Gasteiger partial charge in [-0.2, -0.15) is 0 Å². The summed E-state index contributed by atoms with van der Waals surface area (Å²) >= 11 is 0. The molecule has 1 aliphatic carbocycles. The molecule has 1 aromatic carbocycles. The lowest BCUT2D eigenvalue weighted by atomic mass is 10.1. The zero-order valence-corrected chi connectivity index (χ0v) is 13.6. The summed E-state index contributed by atoms with van der Waals surface area (Å²) in [5.41, 5.74) is 0.644. The van der Waals surface area contributed by atoms with Crippen molar-refractivity contribution in [1.82, 2.24) is 4.90 Å². The Balaban J connectivity index is 1.88. The summed E-state index contributed by atoms with van der Waals surface area (Å²) in [6.45, 7) is 3.19. The third-order valence-electron chi connectivity index (χ3n) is 3.94. The predicted molar refractivity (Wildman–Crippen MR) is 84.2 cm³/mol. The summed E-state index contributed by atoms with van der Waals surface area (Å²) in [5, 5.41) is 8.57. The van der Waals surface area contributed by atoms with Crippen LogP contribution in [0.1, 0.15) is 25.3 Å². The summed E-state index contributed by atoms with van der Waals surface area (Å²) in [4.78, 5) is 24.7. The molecule has 1 amide bonds. The van der Waals surface area contributed by atoms with E-state index < -0.39 is 5.97 Å². The second kappa shape index (κ2) is 7.46. The molecule has 1 aliphatic rings. The normalized spacial score (nSPS) is 15.0. The van der Waals surface area contributed by atoms with Crippen molar-refractivity contribution in [2.24, 2.45) is 5.41 Å². The zero-order chi connectivity index (χ0) is 16.9. The molecule has 1 aromatic rings. The molecule has 1 fully saturated rings. The van der Waals surface area contributed by atoms with Crippen LogP contribution in [0, 0.1) is 5.41 Å². The van der Waals surface area contributed by atoms with Crippen LogP contribution in [-0.4, -0.2) is 48.8 Å². The molecule has 0 aromatic heterocycles. The Bertz CT molecular complexity index is 551. The van der Waals surface area contributed by atoms with E-state index in [1.165, 1.54) is 0 Å². The van der Waals surface area contributed by atoms with Crippen LogP contribution in [0.4, 0.5) is 0 Å². The van der Waals surface area contributed by atoms with Gasteiger partial charge in [-0.25, -0.2) is 4.79 Å². The van der Waals surface area contributed by atoms with Crippen molar-refractivity contribution in [3.63, 3.8) is 0 Å². The van der Waals surface area contributed by atoms with E-state index in [0.29, 0.717) is 25.5 Å². The Hall–Kier alpha value is -2.08. The van der Waals surface area contributed by atoms with Crippen molar-refractivity contribution in [3.8, 4) is 5.75 Å². The maximum atomic E-state index is 12.5. The lowest BCUT2D eigenvalue weighted by Gasteiger charge is -2.23. The molecular formula is C17H23NO5. The van der Waals surface area contributed by atoms with E-state index in [9.17, 15) is 9.59 Å². The number of hydrogen-bond donors (Lipinski definition) is 1. The van der Waals surface area contributed by atoms with E-state index in [2.05, 4.69) is 0 Å². The summed E-state index contributed by atoms with van der Waals surface area (Å²) < 4.78 is 10.5. The van der Waals surface area contributed by atoms with Gasteiger partial charge in [0.1, 0.15) is 5.75 Å². The van der Waals surface area contributed by atoms with Gasteiger partial charge in [-0.1, -0.05) is 12.1 Å². The highest BCUT2D eigenvalue weighted by atomic mass is 16.5. The number of hydrogen-bond acceptors (Lipinski definition) is 4. The SMILES string of the molecule is CCOCC1(C(=O)N(C)Cc2ccc(OCC(=O)O)cc2)CC1. The van der Waals surface area contributed by atoms with E-state index in [4.69, 9.17) is 14.6 Å². The van der Waals surface area contributed by atoms with E-state index in [1.54, 1.807) is 24.1 Å². The maximum absolute atomic E-state index is 12.5. The Labute approximate surface area is 136 Å². The molecule has 6 nitrogen and oxygen atoms in total. The molecular weight excluding hydrogens is 298 g/mol. The molecule has 1 saturated carbocycles. The van der Waals surface area contributed by atoms with Crippen LogP contribution in [0.15, 0.2) is 24.3 Å². The fourth-order valence-electron chi connectivity index (χ4n) is 2.45. The van der Waals surface area contributed by atoms with E-state index >= 15 is 0 Å². The highest BCUT2D eigenvalue weighted by Crippen LogP contribution is 2.47. The average molecular weight is 321 g/mol. The van der Waals surface area contributed by atoms with Crippen LogP contribution in [-0.2, 0) is 20.9 Å². The van der Waals surface area contributed by atoms with Crippen molar-refractivity contribution in [2.75, 3.05) is 26.9 Å². The van der Waals surface area contributed by atoms with Gasteiger partial charge in [0.15, 0.2) is 6.61 Å². The molecule has 0 radical (unpaired) electrons. The zero-order valence-electron chi connectivity index (χ0n) is 13.6. The first-order chi connectivity index (χ1) is 11.0.